The molecular formula is C21H14N8S. The van der Waals surface area contributed by atoms with Crippen LogP contribution < -0.4 is 5.73 Å². The van der Waals surface area contributed by atoms with Crippen molar-refractivity contribution < 1.29 is 0 Å². The molecule has 0 aliphatic rings. The molecule has 6 aromatic heterocycles. The Labute approximate surface area is 173 Å². The lowest BCUT2D eigenvalue weighted by molar-refractivity contribution is 1.10. The third-order valence-electron chi connectivity index (χ3n) is 4.84. The van der Waals surface area contributed by atoms with E-state index in [1.807, 2.05) is 41.8 Å². The number of hydrogen-bond acceptors (Lipinski definition) is 7. The Hall–Kier alpha value is -4.11. The van der Waals surface area contributed by atoms with Gasteiger partial charge in [0.15, 0.2) is 11.5 Å². The van der Waals surface area contributed by atoms with Crippen molar-refractivity contribution in [3.05, 3.63) is 60.4 Å². The predicted octanol–water partition coefficient (Wildman–Crippen LogP) is 4.27. The first-order chi connectivity index (χ1) is 14.8. The minimum atomic E-state index is 0.590. The van der Waals surface area contributed by atoms with Crippen molar-refractivity contribution in [1.82, 2.24) is 35.1 Å². The molecule has 6 aromatic rings. The smallest absolute Gasteiger partial charge is 0.161 e. The van der Waals surface area contributed by atoms with Gasteiger partial charge in [-0.15, -0.1) is 11.3 Å². The Morgan fingerprint density at radius 2 is 1.87 bits per heavy atom. The molecule has 0 aliphatic carbocycles. The summed E-state index contributed by atoms with van der Waals surface area (Å²) >= 11 is 1.63. The lowest BCUT2D eigenvalue weighted by Crippen LogP contribution is -1.90. The van der Waals surface area contributed by atoms with Crippen molar-refractivity contribution in [3.8, 4) is 33.3 Å². The van der Waals surface area contributed by atoms with Crippen molar-refractivity contribution in [3.63, 3.8) is 0 Å². The average molecular weight is 410 g/mol. The molecule has 0 radical (unpaired) electrons. The van der Waals surface area contributed by atoms with Crippen LogP contribution in [0.5, 0.6) is 0 Å². The minimum Gasteiger partial charge on any atom is -0.397 e. The van der Waals surface area contributed by atoms with E-state index in [4.69, 9.17) is 15.7 Å². The fraction of sp³-hybridized carbons (Fsp3) is 0. The van der Waals surface area contributed by atoms with E-state index in [9.17, 15) is 0 Å². The summed E-state index contributed by atoms with van der Waals surface area (Å²) < 4.78 is 0. The highest BCUT2D eigenvalue weighted by Crippen LogP contribution is 2.32. The summed E-state index contributed by atoms with van der Waals surface area (Å²) in [7, 11) is 0. The van der Waals surface area contributed by atoms with Gasteiger partial charge in [-0.1, -0.05) is 6.07 Å². The van der Waals surface area contributed by atoms with Crippen LogP contribution in [0.2, 0.25) is 0 Å². The first-order valence-electron chi connectivity index (χ1n) is 9.21. The highest BCUT2D eigenvalue weighted by atomic mass is 32.1. The summed E-state index contributed by atoms with van der Waals surface area (Å²) in [4.78, 5) is 22.7. The Balaban J connectivity index is 1.52. The van der Waals surface area contributed by atoms with Gasteiger partial charge < -0.3 is 10.7 Å². The topological polar surface area (TPSA) is 122 Å². The molecule has 0 unspecified atom stereocenters. The van der Waals surface area contributed by atoms with Gasteiger partial charge in [-0.2, -0.15) is 5.10 Å². The van der Waals surface area contributed by atoms with E-state index in [-0.39, 0.29) is 0 Å². The number of thiophene rings is 1. The first-order valence-corrected chi connectivity index (χ1v) is 10.1. The van der Waals surface area contributed by atoms with Crippen LogP contribution in [0.15, 0.2) is 60.4 Å². The van der Waals surface area contributed by atoms with E-state index in [1.54, 1.807) is 29.9 Å². The first kappa shape index (κ1) is 16.8. The van der Waals surface area contributed by atoms with Gasteiger partial charge in [0, 0.05) is 24.2 Å². The number of anilines is 1. The zero-order chi connectivity index (χ0) is 20.1. The molecule has 0 amide bonds. The molecule has 144 valence electrons. The number of nitrogens with two attached hydrogens (primary N) is 1. The van der Waals surface area contributed by atoms with Gasteiger partial charge in [0.1, 0.15) is 16.7 Å². The number of nitrogens with zero attached hydrogens (tertiary/aromatic N) is 5. The Bertz CT molecular complexity index is 1510. The molecule has 6 rings (SSSR count). The van der Waals surface area contributed by atoms with Crippen LogP contribution in [0.4, 0.5) is 5.69 Å². The van der Waals surface area contributed by atoms with Crippen molar-refractivity contribution in [2.24, 2.45) is 0 Å². The summed E-state index contributed by atoms with van der Waals surface area (Å²) in [6, 6.07) is 11.7. The lowest BCUT2D eigenvalue weighted by atomic mass is 10.1. The SMILES string of the molecule is Nc1cncc(-c2ccc3[nH]nc(-c4nc5c(-c6cccs6)nccc5[nH]4)c3n2)c1. The van der Waals surface area contributed by atoms with Crippen LogP contribution in [-0.4, -0.2) is 35.1 Å². The van der Waals surface area contributed by atoms with Crippen molar-refractivity contribution >= 4 is 39.1 Å². The molecule has 30 heavy (non-hydrogen) atoms. The van der Waals surface area contributed by atoms with Crippen LogP contribution in [-0.2, 0) is 0 Å². The van der Waals surface area contributed by atoms with E-state index in [1.165, 1.54) is 0 Å². The third-order valence-corrected chi connectivity index (χ3v) is 5.72. The second-order valence-electron chi connectivity index (χ2n) is 6.79. The van der Waals surface area contributed by atoms with Crippen LogP contribution in [0.3, 0.4) is 0 Å². The average Bonchev–Trinajstić information content (AvgIpc) is 3.51. The lowest BCUT2D eigenvalue weighted by Gasteiger charge is -2.02. The summed E-state index contributed by atoms with van der Waals surface area (Å²) in [5, 5.41) is 9.53. The summed E-state index contributed by atoms with van der Waals surface area (Å²) in [5.74, 6) is 0.636. The van der Waals surface area contributed by atoms with Crippen LogP contribution in [0, 0.1) is 0 Å². The zero-order valence-electron chi connectivity index (χ0n) is 15.5. The van der Waals surface area contributed by atoms with Gasteiger partial charge >= 0.3 is 0 Å². The van der Waals surface area contributed by atoms with E-state index in [0.717, 1.165) is 43.9 Å². The maximum absolute atomic E-state index is 5.88. The van der Waals surface area contributed by atoms with Crippen molar-refractivity contribution in [2.45, 2.75) is 0 Å². The number of nitrogen functional groups attached to an aromatic ring is 1. The number of nitrogens with one attached hydrogen (secondary N) is 2. The highest BCUT2D eigenvalue weighted by molar-refractivity contribution is 7.13. The maximum atomic E-state index is 5.88. The molecule has 8 nitrogen and oxygen atoms in total. The molecule has 4 N–H and O–H groups in total. The molecule has 0 aliphatic heterocycles. The molecule has 0 bridgehead atoms. The highest BCUT2D eigenvalue weighted by Gasteiger charge is 2.17. The number of imidazole rings is 1. The Morgan fingerprint density at radius 1 is 0.933 bits per heavy atom. The summed E-state index contributed by atoms with van der Waals surface area (Å²) in [6.45, 7) is 0. The number of rotatable bonds is 3. The molecule has 0 aromatic carbocycles. The molecule has 6 heterocycles. The Kier molecular flexibility index (Phi) is 3.62. The van der Waals surface area contributed by atoms with Gasteiger partial charge in [-0.25, -0.2) is 9.97 Å². The predicted molar refractivity (Wildman–Crippen MR) is 118 cm³/mol. The fourth-order valence-electron chi connectivity index (χ4n) is 3.46. The normalized spacial score (nSPS) is 11.5. The third kappa shape index (κ3) is 2.64. The number of aromatic nitrogens is 7. The maximum Gasteiger partial charge on any atom is 0.161 e. The van der Waals surface area contributed by atoms with Crippen molar-refractivity contribution in [2.75, 3.05) is 5.73 Å². The van der Waals surface area contributed by atoms with Gasteiger partial charge in [-0.05, 0) is 35.7 Å². The number of aromatic amines is 2. The van der Waals surface area contributed by atoms with Gasteiger partial charge in [0.05, 0.1) is 27.3 Å². The van der Waals surface area contributed by atoms with E-state index in [0.29, 0.717) is 17.2 Å². The quantitative estimate of drug-likeness (QED) is 0.400. The van der Waals surface area contributed by atoms with Gasteiger partial charge in [0.25, 0.3) is 0 Å². The molecule has 0 saturated heterocycles. The second-order valence-corrected chi connectivity index (χ2v) is 7.74. The number of pyridine rings is 3. The number of fused-ring (bicyclic) bond motifs is 2. The minimum absolute atomic E-state index is 0.590. The molecule has 0 atom stereocenters. The summed E-state index contributed by atoms with van der Waals surface area (Å²) in [6.07, 6.45) is 5.13. The molecule has 0 saturated carbocycles. The summed E-state index contributed by atoms with van der Waals surface area (Å²) in [5.41, 5.74) is 12.8. The largest absolute Gasteiger partial charge is 0.397 e. The van der Waals surface area contributed by atoms with Crippen molar-refractivity contribution in [1.29, 1.82) is 0 Å². The molecule has 9 heteroatoms. The van der Waals surface area contributed by atoms with Crippen LogP contribution in [0.25, 0.3) is 55.4 Å². The standard InChI is InChI=1S/C21H14N8S/c22-12-8-11(9-23-10-12)13-3-4-15-18(25-13)20(29-28-15)21-26-14-5-6-24-19(17(14)27-21)16-2-1-7-30-16/h1-10H,22H2,(H,26,27)(H,28,29). The van der Waals surface area contributed by atoms with Gasteiger partial charge in [0.2, 0.25) is 0 Å². The monoisotopic (exact) mass is 410 g/mol. The van der Waals surface area contributed by atoms with Crippen LogP contribution >= 0.6 is 11.3 Å². The van der Waals surface area contributed by atoms with E-state index in [2.05, 4.69) is 25.1 Å². The van der Waals surface area contributed by atoms with Gasteiger partial charge in [-0.3, -0.25) is 15.1 Å². The fourth-order valence-corrected chi connectivity index (χ4v) is 4.19. The molecule has 0 spiro atoms. The molecular weight excluding hydrogens is 396 g/mol. The Morgan fingerprint density at radius 3 is 2.73 bits per heavy atom. The van der Waals surface area contributed by atoms with Crippen LogP contribution in [0.1, 0.15) is 0 Å². The number of hydrogen-bond donors (Lipinski definition) is 3. The number of H-pyrrole nitrogens is 2. The van der Waals surface area contributed by atoms with E-state index >= 15 is 0 Å². The zero-order valence-corrected chi connectivity index (χ0v) is 16.3. The second kappa shape index (κ2) is 6.46. The van der Waals surface area contributed by atoms with E-state index < -0.39 is 0 Å². The molecule has 0 fully saturated rings.